The van der Waals surface area contributed by atoms with Crippen molar-refractivity contribution in [3.05, 3.63) is 58.1 Å². The van der Waals surface area contributed by atoms with E-state index in [-0.39, 0.29) is 25.0 Å². The van der Waals surface area contributed by atoms with Gasteiger partial charge in [0.1, 0.15) is 17.5 Å². The summed E-state index contributed by atoms with van der Waals surface area (Å²) < 4.78 is 11.9. The molecule has 6 nitrogen and oxygen atoms in total. The predicted octanol–water partition coefficient (Wildman–Crippen LogP) is 5.12. The van der Waals surface area contributed by atoms with E-state index in [1.807, 2.05) is 70.2 Å². The van der Waals surface area contributed by atoms with E-state index in [9.17, 15) is 9.59 Å². The fourth-order valence-corrected chi connectivity index (χ4v) is 3.94. The summed E-state index contributed by atoms with van der Waals surface area (Å²) in [5, 5.41) is 3.00. The van der Waals surface area contributed by atoms with Crippen LogP contribution in [0.2, 0.25) is 0 Å². The van der Waals surface area contributed by atoms with Crippen molar-refractivity contribution in [2.45, 2.75) is 65.6 Å². The highest BCUT2D eigenvalue weighted by molar-refractivity contribution is 9.10. The first kappa shape index (κ1) is 26.7. The van der Waals surface area contributed by atoms with Gasteiger partial charge in [-0.3, -0.25) is 9.59 Å². The zero-order valence-corrected chi connectivity index (χ0v) is 22.0. The first-order valence-electron chi connectivity index (χ1n) is 11.2. The minimum atomic E-state index is -0.617. The van der Waals surface area contributed by atoms with Crippen molar-refractivity contribution in [2.24, 2.45) is 0 Å². The van der Waals surface area contributed by atoms with E-state index in [1.165, 1.54) is 5.56 Å². The minimum absolute atomic E-state index is 0.167. The van der Waals surface area contributed by atoms with Crippen LogP contribution in [0.1, 0.15) is 52.2 Å². The molecule has 0 aliphatic carbocycles. The summed E-state index contributed by atoms with van der Waals surface area (Å²) in [4.78, 5) is 28.0. The lowest BCUT2D eigenvalue weighted by molar-refractivity contribution is -0.143. The van der Waals surface area contributed by atoms with Crippen LogP contribution in [-0.2, 0) is 22.6 Å². The van der Waals surface area contributed by atoms with E-state index in [2.05, 4.69) is 28.2 Å². The van der Waals surface area contributed by atoms with Crippen LogP contribution in [0.25, 0.3) is 0 Å². The van der Waals surface area contributed by atoms with Gasteiger partial charge in [0, 0.05) is 12.1 Å². The van der Waals surface area contributed by atoms with Crippen molar-refractivity contribution < 1.29 is 19.1 Å². The zero-order valence-electron chi connectivity index (χ0n) is 20.4. The lowest BCUT2D eigenvalue weighted by Gasteiger charge is -2.33. The maximum absolute atomic E-state index is 13.3. The van der Waals surface area contributed by atoms with Crippen molar-refractivity contribution in [1.82, 2.24) is 10.2 Å². The Balaban J connectivity index is 2.25. The van der Waals surface area contributed by atoms with Gasteiger partial charge in [-0.25, -0.2) is 0 Å². The average molecular weight is 519 g/mol. The molecule has 0 spiro atoms. The van der Waals surface area contributed by atoms with Gasteiger partial charge in [-0.1, -0.05) is 32.0 Å². The van der Waals surface area contributed by atoms with Crippen LogP contribution in [0.3, 0.4) is 0 Å². The SMILES string of the molecule is CCc1ccc(OCC(=O)N(Cc2ccc(OC)cc2)C(CC)C(=O)NC(C)(C)C)c(Br)c1. The molecule has 2 aromatic carbocycles. The van der Waals surface area contributed by atoms with Crippen molar-refractivity contribution >= 4 is 27.7 Å². The van der Waals surface area contributed by atoms with E-state index < -0.39 is 11.6 Å². The molecule has 0 aliphatic rings. The van der Waals surface area contributed by atoms with Crippen LogP contribution < -0.4 is 14.8 Å². The molecule has 0 saturated heterocycles. The Hall–Kier alpha value is -2.54. The van der Waals surface area contributed by atoms with Crippen molar-refractivity contribution in [3.63, 3.8) is 0 Å². The number of hydrogen-bond acceptors (Lipinski definition) is 4. The van der Waals surface area contributed by atoms with Gasteiger partial charge in [-0.15, -0.1) is 0 Å². The second-order valence-electron chi connectivity index (χ2n) is 8.94. The number of methoxy groups -OCH3 is 1. The van der Waals surface area contributed by atoms with Crippen LogP contribution in [-0.4, -0.2) is 42.0 Å². The molecule has 0 radical (unpaired) electrons. The summed E-state index contributed by atoms with van der Waals surface area (Å²) in [6, 6.07) is 12.7. The Morgan fingerprint density at radius 2 is 1.70 bits per heavy atom. The highest BCUT2D eigenvalue weighted by Gasteiger charge is 2.31. The third-order valence-corrected chi connectivity index (χ3v) is 5.77. The summed E-state index contributed by atoms with van der Waals surface area (Å²) in [7, 11) is 1.61. The van der Waals surface area contributed by atoms with Crippen LogP contribution in [0, 0.1) is 0 Å². The number of ether oxygens (including phenoxy) is 2. The molecular formula is C26H35BrN2O4. The largest absolute Gasteiger partial charge is 0.497 e. The quantitative estimate of drug-likeness (QED) is 0.473. The number of amides is 2. The number of carbonyl (C=O) groups is 2. The van der Waals surface area contributed by atoms with Gasteiger partial charge >= 0.3 is 0 Å². The van der Waals surface area contributed by atoms with Gasteiger partial charge in [0.2, 0.25) is 5.91 Å². The highest BCUT2D eigenvalue weighted by Crippen LogP contribution is 2.26. The maximum atomic E-state index is 13.3. The molecule has 1 atom stereocenters. The lowest BCUT2D eigenvalue weighted by Crippen LogP contribution is -2.54. The Kier molecular flexibility index (Phi) is 9.77. The predicted molar refractivity (Wildman–Crippen MR) is 135 cm³/mol. The summed E-state index contributed by atoms with van der Waals surface area (Å²) in [5.41, 5.74) is 1.67. The third-order valence-electron chi connectivity index (χ3n) is 5.15. The number of nitrogens with zero attached hydrogens (tertiary/aromatic N) is 1. The van der Waals surface area contributed by atoms with E-state index in [4.69, 9.17) is 9.47 Å². The standard InChI is InChI=1S/C26H35BrN2O4/c1-7-18-11-14-23(21(27)15-18)33-17-24(30)29(16-19-9-12-20(32-6)13-10-19)22(8-2)25(31)28-26(3,4)5/h9-15,22H,7-8,16-17H2,1-6H3,(H,28,31). The van der Waals surface area contributed by atoms with Gasteiger partial charge in [-0.05, 0) is 84.9 Å². The van der Waals surface area contributed by atoms with Gasteiger partial charge in [-0.2, -0.15) is 0 Å². The summed E-state index contributed by atoms with van der Waals surface area (Å²) >= 11 is 3.52. The van der Waals surface area contributed by atoms with E-state index >= 15 is 0 Å². The maximum Gasteiger partial charge on any atom is 0.261 e. The second kappa shape index (κ2) is 12.1. The van der Waals surface area contributed by atoms with Gasteiger partial charge < -0.3 is 19.7 Å². The average Bonchev–Trinajstić information content (AvgIpc) is 2.77. The molecule has 2 rings (SSSR count). The molecule has 0 bridgehead atoms. The molecule has 2 amide bonds. The molecular weight excluding hydrogens is 484 g/mol. The lowest BCUT2D eigenvalue weighted by atomic mass is 10.1. The van der Waals surface area contributed by atoms with Crippen molar-refractivity contribution in [3.8, 4) is 11.5 Å². The Labute approximate surface area is 205 Å². The smallest absolute Gasteiger partial charge is 0.261 e. The monoisotopic (exact) mass is 518 g/mol. The van der Waals surface area contributed by atoms with Crippen molar-refractivity contribution in [2.75, 3.05) is 13.7 Å². The summed E-state index contributed by atoms with van der Waals surface area (Å²) in [6.45, 7) is 9.88. The second-order valence-corrected chi connectivity index (χ2v) is 9.79. The third kappa shape index (κ3) is 8.07. The van der Waals surface area contributed by atoms with Gasteiger partial charge in [0.25, 0.3) is 5.91 Å². The Morgan fingerprint density at radius 1 is 1.06 bits per heavy atom. The number of rotatable bonds is 10. The Bertz CT molecular complexity index is 938. The fraction of sp³-hybridized carbons (Fsp3) is 0.462. The van der Waals surface area contributed by atoms with Crippen molar-refractivity contribution in [1.29, 1.82) is 0 Å². The number of carbonyl (C=O) groups excluding carboxylic acids is 2. The molecule has 0 fully saturated rings. The van der Waals surface area contributed by atoms with Crippen LogP contribution in [0.15, 0.2) is 46.9 Å². The first-order chi connectivity index (χ1) is 15.6. The molecule has 0 heterocycles. The minimum Gasteiger partial charge on any atom is -0.497 e. The molecule has 1 unspecified atom stereocenters. The molecule has 0 saturated carbocycles. The van der Waals surface area contributed by atoms with Crippen LogP contribution in [0.5, 0.6) is 11.5 Å². The summed E-state index contributed by atoms with van der Waals surface area (Å²) in [5.74, 6) is 0.892. The number of hydrogen-bond donors (Lipinski definition) is 1. The van der Waals surface area contributed by atoms with Gasteiger partial charge in [0.05, 0.1) is 11.6 Å². The topological polar surface area (TPSA) is 67.9 Å². The molecule has 180 valence electrons. The molecule has 0 aliphatic heterocycles. The first-order valence-corrected chi connectivity index (χ1v) is 12.0. The van der Waals surface area contributed by atoms with Crippen LogP contribution in [0.4, 0.5) is 0 Å². The van der Waals surface area contributed by atoms with Crippen LogP contribution >= 0.6 is 15.9 Å². The number of benzene rings is 2. The number of aryl methyl sites for hydroxylation is 1. The molecule has 1 N–H and O–H groups in total. The van der Waals surface area contributed by atoms with E-state index in [1.54, 1.807) is 12.0 Å². The zero-order chi connectivity index (χ0) is 24.6. The number of halogens is 1. The normalized spacial score (nSPS) is 12.1. The fourth-order valence-electron chi connectivity index (χ4n) is 3.40. The number of nitrogens with one attached hydrogen (secondary N) is 1. The highest BCUT2D eigenvalue weighted by atomic mass is 79.9. The molecule has 2 aromatic rings. The van der Waals surface area contributed by atoms with E-state index in [0.29, 0.717) is 12.2 Å². The van der Waals surface area contributed by atoms with E-state index in [0.717, 1.165) is 22.2 Å². The molecule has 0 aromatic heterocycles. The Morgan fingerprint density at radius 3 is 2.21 bits per heavy atom. The summed E-state index contributed by atoms with van der Waals surface area (Å²) in [6.07, 6.45) is 1.40. The molecule has 33 heavy (non-hydrogen) atoms. The van der Waals surface area contributed by atoms with Gasteiger partial charge in [0.15, 0.2) is 6.61 Å². The molecule has 7 heteroatoms.